The fourth-order valence-electron chi connectivity index (χ4n) is 2.32. The lowest BCUT2D eigenvalue weighted by molar-refractivity contribution is 0.0949. The molecule has 2 aromatic heterocycles. The summed E-state index contributed by atoms with van der Waals surface area (Å²) in [5, 5.41) is 2.84. The molecule has 1 N–H and O–H groups in total. The molecule has 3 rings (SSSR count). The number of aromatic nitrogens is 2. The maximum absolute atomic E-state index is 12.1. The highest BCUT2D eigenvalue weighted by atomic mass is 35.5. The van der Waals surface area contributed by atoms with E-state index in [1.807, 2.05) is 44.2 Å². The van der Waals surface area contributed by atoms with Crippen LogP contribution in [0.1, 0.15) is 26.8 Å². The van der Waals surface area contributed by atoms with E-state index in [2.05, 4.69) is 15.3 Å². The number of hydrogen-bond acceptors (Lipinski definition) is 5. The van der Waals surface area contributed by atoms with Crippen LogP contribution in [0.5, 0.6) is 0 Å². The molecule has 1 amide bonds. The van der Waals surface area contributed by atoms with Crippen molar-refractivity contribution in [1.29, 1.82) is 0 Å². The minimum absolute atomic E-state index is 0.222. The third kappa shape index (κ3) is 3.66. The van der Waals surface area contributed by atoms with Gasteiger partial charge in [-0.1, -0.05) is 29.8 Å². The van der Waals surface area contributed by atoms with Crippen molar-refractivity contribution in [2.75, 3.05) is 6.54 Å². The molecule has 5 nitrogen and oxygen atoms in total. The predicted molar refractivity (Wildman–Crippen MR) is 94.6 cm³/mol. The minimum Gasteiger partial charge on any atom is -0.441 e. The summed E-state index contributed by atoms with van der Waals surface area (Å²) >= 11 is 7.12. The molecule has 0 saturated carbocycles. The lowest BCUT2D eigenvalue weighted by Gasteiger charge is -2.02. The molecule has 24 heavy (non-hydrogen) atoms. The van der Waals surface area contributed by atoms with E-state index in [1.54, 1.807) is 0 Å². The monoisotopic (exact) mass is 361 g/mol. The van der Waals surface area contributed by atoms with Crippen LogP contribution in [0.3, 0.4) is 0 Å². The molecule has 0 radical (unpaired) electrons. The van der Waals surface area contributed by atoms with Crippen molar-refractivity contribution < 1.29 is 9.21 Å². The summed E-state index contributed by atoms with van der Waals surface area (Å²) < 4.78 is 6.09. The summed E-state index contributed by atoms with van der Waals surface area (Å²) in [4.78, 5) is 21.5. The van der Waals surface area contributed by atoms with E-state index in [9.17, 15) is 4.79 Å². The predicted octanol–water partition coefficient (Wildman–Crippen LogP) is 4.04. The van der Waals surface area contributed by atoms with E-state index in [0.717, 1.165) is 21.9 Å². The van der Waals surface area contributed by atoms with Crippen LogP contribution < -0.4 is 5.32 Å². The van der Waals surface area contributed by atoms with Crippen molar-refractivity contribution in [3.05, 3.63) is 56.8 Å². The van der Waals surface area contributed by atoms with Crippen LogP contribution in [0.15, 0.2) is 34.7 Å². The second kappa shape index (κ2) is 7.15. The number of nitrogens with one attached hydrogen (secondary N) is 1. The largest absolute Gasteiger partial charge is 0.441 e. The Morgan fingerprint density at radius 3 is 2.67 bits per heavy atom. The Kier molecular flexibility index (Phi) is 4.97. The van der Waals surface area contributed by atoms with Crippen LogP contribution in [-0.4, -0.2) is 22.4 Å². The SMILES string of the molecule is Cc1oc(-c2ccccc2)nc1CCNC(=O)c1nc(Cl)sc1C. The average Bonchev–Trinajstić information content (AvgIpc) is 3.10. The van der Waals surface area contributed by atoms with Gasteiger partial charge in [0.1, 0.15) is 11.5 Å². The average molecular weight is 362 g/mol. The third-order valence-corrected chi connectivity index (χ3v) is 4.62. The van der Waals surface area contributed by atoms with Gasteiger partial charge in [-0.3, -0.25) is 4.79 Å². The molecule has 0 unspecified atom stereocenters. The number of halogens is 1. The van der Waals surface area contributed by atoms with Gasteiger partial charge < -0.3 is 9.73 Å². The number of amides is 1. The number of hydrogen-bond donors (Lipinski definition) is 1. The Balaban J connectivity index is 1.62. The molecule has 0 aliphatic carbocycles. The summed E-state index contributed by atoms with van der Waals surface area (Å²) in [6.07, 6.45) is 0.588. The van der Waals surface area contributed by atoms with Gasteiger partial charge in [0.05, 0.1) is 5.69 Å². The van der Waals surface area contributed by atoms with Gasteiger partial charge in [-0.05, 0) is 26.0 Å². The van der Waals surface area contributed by atoms with Crippen LogP contribution in [0, 0.1) is 13.8 Å². The summed E-state index contributed by atoms with van der Waals surface area (Å²) in [7, 11) is 0. The molecule has 0 fully saturated rings. The van der Waals surface area contributed by atoms with Crippen molar-refractivity contribution in [2.24, 2.45) is 0 Å². The van der Waals surface area contributed by atoms with Gasteiger partial charge in [0, 0.05) is 23.4 Å². The van der Waals surface area contributed by atoms with Gasteiger partial charge in [-0.15, -0.1) is 11.3 Å². The van der Waals surface area contributed by atoms with Gasteiger partial charge in [-0.2, -0.15) is 0 Å². The first kappa shape index (κ1) is 16.7. The van der Waals surface area contributed by atoms with E-state index in [4.69, 9.17) is 16.0 Å². The zero-order valence-electron chi connectivity index (χ0n) is 13.3. The Bertz CT molecular complexity index is 858. The van der Waals surface area contributed by atoms with Crippen LogP contribution in [0.25, 0.3) is 11.5 Å². The number of oxazole rings is 1. The topological polar surface area (TPSA) is 68.0 Å². The van der Waals surface area contributed by atoms with Crippen LogP contribution in [0.4, 0.5) is 0 Å². The fraction of sp³-hybridized carbons (Fsp3) is 0.235. The Morgan fingerprint density at radius 2 is 2.00 bits per heavy atom. The standard InChI is InChI=1S/C17H16ClN3O2S/c1-10-13(20-16(23-10)12-6-4-3-5-7-12)8-9-19-15(22)14-11(2)24-17(18)21-14/h3-7H,8-9H2,1-2H3,(H,19,22). The van der Waals surface area contributed by atoms with Crippen LogP contribution in [-0.2, 0) is 6.42 Å². The third-order valence-electron chi connectivity index (χ3n) is 3.55. The van der Waals surface area contributed by atoms with E-state index in [1.165, 1.54) is 11.3 Å². The molecule has 0 atom stereocenters. The summed E-state index contributed by atoms with van der Waals surface area (Å²) in [5.41, 5.74) is 2.15. The Labute approximate surface area is 148 Å². The van der Waals surface area contributed by atoms with Gasteiger partial charge in [0.15, 0.2) is 4.47 Å². The van der Waals surface area contributed by atoms with Gasteiger partial charge in [0.25, 0.3) is 5.91 Å². The molecule has 0 aliphatic heterocycles. The molecule has 1 aromatic carbocycles. The zero-order chi connectivity index (χ0) is 17.1. The molecule has 2 heterocycles. The first-order valence-corrected chi connectivity index (χ1v) is 8.67. The second-order valence-corrected chi connectivity index (χ2v) is 7.05. The molecular formula is C17H16ClN3O2S. The maximum Gasteiger partial charge on any atom is 0.271 e. The summed E-state index contributed by atoms with van der Waals surface area (Å²) in [5.74, 6) is 1.13. The molecular weight excluding hydrogens is 346 g/mol. The zero-order valence-corrected chi connectivity index (χ0v) is 14.9. The molecule has 0 aliphatic rings. The molecule has 0 bridgehead atoms. The molecule has 124 valence electrons. The van der Waals surface area contributed by atoms with Crippen molar-refractivity contribution in [1.82, 2.24) is 15.3 Å². The minimum atomic E-state index is -0.222. The Morgan fingerprint density at radius 1 is 1.25 bits per heavy atom. The molecule has 0 spiro atoms. The van der Waals surface area contributed by atoms with E-state index in [-0.39, 0.29) is 5.91 Å². The quantitative estimate of drug-likeness (QED) is 0.744. The second-order valence-electron chi connectivity index (χ2n) is 5.27. The van der Waals surface area contributed by atoms with Gasteiger partial charge in [-0.25, -0.2) is 9.97 Å². The lowest BCUT2D eigenvalue weighted by Crippen LogP contribution is -2.26. The lowest BCUT2D eigenvalue weighted by atomic mass is 10.2. The van der Waals surface area contributed by atoms with Crippen molar-refractivity contribution in [2.45, 2.75) is 20.3 Å². The van der Waals surface area contributed by atoms with Crippen LogP contribution in [0.2, 0.25) is 4.47 Å². The Hall–Kier alpha value is -2.18. The highest BCUT2D eigenvalue weighted by Gasteiger charge is 2.15. The first-order chi connectivity index (χ1) is 11.5. The summed E-state index contributed by atoms with van der Waals surface area (Å²) in [6, 6.07) is 9.73. The summed E-state index contributed by atoms with van der Waals surface area (Å²) in [6.45, 7) is 4.16. The van der Waals surface area contributed by atoms with Crippen molar-refractivity contribution in [3.63, 3.8) is 0 Å². The van der Waals surface area contributed by atoms with E-state index >= 15 is 0 Å². The van der Waals surface area contributed by atoms with Crippen molar-refractivity contribution >= 4 is 28.8 Å². The fourth-order valence-corrected chi connectivity index (χ4v) is 3.37. The van der Waals surface area contributed by atoms with Gasteiger partial charge >= 0.3 is 0 Å². The van der Waals surface area contributed by atoms with Gasteiger partial charge in [0.2, 0.25) is 5.89 Å². The number of carbonyl (C=O) groups excluding carboxylic acids is 1. The van der Waals surface area contributed by atoms with E-state index in [0.29, 0.717) is 29.0 Å². The van der Waals surface area contributed by atoms with E-state index < -0.39 is 0 Å². The highest BCUT2D eigenvalue weighted by Crippen LogP contribution is 2.22. The first-order valence-electron chi connectivity index (χ1n) is 7.47. The number of rotatable bonds is 5. The maximum atomic E-state index is 12.1. The highest BCUT2D eigenvalue weighted by molar-refractivity contribution is 7.15. The molecule has 0 saturated heterocycles. The van der Waals surface area contributed by atoms with Crippen LogP contribution >= 0.6 is 22.9 Å². The molecule has 3 aromatic rings. The number of aryl methyl sites for hydroxylation is 2. The van der Waals surface area contributed by atoms with Crippen molar-refractivity contribution in [3.8, 4) is 11.5 Å². The smallest absolute Gasteiger partial charge is 0.271 e. The normalized spacial score (nSPS) is 10.8. The number of benzene rings is 1. The number of nitrogens with zero attached hydrogens (tertiary/aromatic N) is 2. The molecule has 7 heteroatoms. The number of thiazole rings is 1. The number of carbonyl (C=O) groups is 1.